The largest absolute Gasteiger partial charge is 0.465 e. The maximum atomic E-state index is 13.2. The Balaban J connectivity index is 2.21. The van der Waals surface area contributed by atoms with Crippen molar-refractivity contribution in [3.05, 3.63) is 75.8 Å². The summed E-state index contributed by atoms with van der Waals surface area (Å²) in [6.45, 7) is 6.18. The minimum atomic E-state index is -1.66. The second-order valence-corrected chi connectivity index (χ2v) is 9.55. The van der Waals surface area contributed by atoms with Crippen LogP contribution in [-0.2, 0) is 30.3 Å². The van der Waals surface area contributed by atoms with Gasteiger partial charge in [0.1, 0.15) is 17.7 Å². The van der Waals surface area contributed by atoms with Gasteiger partial charge in [0.25, 0.3) is 5.69 Å². The highest BCUT2D eigenvalue weighted by molar-refractivity contribution is 5.88. The number of nitrogens with one attached hydrogen (secondary N) is 2. The van der Waals surface area contributed by atoms with Crippen molar-refractivity contribution in [3.8, 4) is 0 Å². The van der Waals surface area contributed by atoms with E-state index in [9.17, 15) is 29.6 Å². The van der Waals surface area contributed by atoms with Gasteiger partial charge in [-0.15, -0.1) is 0 Å². The molecule has 2 aromatic rings. The number of hydrogen-bond acceptors (Lipinski definition) is 10. The summed E-state index contributed by atoms with van der Waals surface area (Å²) in [5.74, 6) is -1.80. The fraction of sp³-hybridized carbons (Fsp3) is 0.444. The first-order valence-corrected chi connectivity index (χ1v) is 12.3. The number of nitro benzene ring substituents is 1. The zero-order chi connectivity index (χ0) is 28.3. The summed E-state index contributed by atoms with van der Waals surface area (Å²) in [6, 6.07) is 12.3. The maximum Gasteiger partial charge on any atom is 0.326 e. The van der Waals surface area contributed by atoms with Gasteiger partial charge in [0.2, 0.25) is 0 Å². The van der Waals surface area contributed by atoms with Crippen molar-refractivity contribution in [3.63, 3.8) is 0 Å². The summed E-state index contributed by atoms with van der Waals surface area (Å²) in [7, 11) is 0. The van der Waals surface area contributed by atoms with Crippen molar-refractivity contribution in [2.45, 2.75) is 57.9 Å². The van der Waals surface area contributed by atoms with E-state index >= 15 is 0 Å². The van der Waals surface area contributed by atoms with Crippen LogP contribution in [0.4, 0.5) is 5.69 Å². The van der Waals surface area contributed by atoms with E-state index in [1.165, 1.54) is 24.3 Å². The highest BCUT2D eigenvalue weighted by atomic mass is 16.6. The number of benzene rings is 2. The molecular formula is C27H35N3O8. The molecule has 0 aromatic heterocycles. The lowest BCUT2D eigenvalue weighted by Gasteiger charge is -2.24. The van der Waals surface area contributed by atoms with E-state index in [4.69, 9.17) is 9.47 Å². The number of ether oxygens (including phenoxy) is 2. The fourth-order valence-electron chi connectivity index (χ4n) is 3.71. The summed E-state index contributed by atoms with van der Waals surface area (Å²) in [5.41, 5.74) is -0.324. The number of esters is 2. The SMILES string of the molecule is CCOC(=O)C(NCC(=O)C(Cc1ccccc1)NCC(=O)OC(C)(C)C)C(O)c1ccccc1[N+](=O)[O-]. The van der Waals surface area contributed by atoms with Crippen molar-refractivity contribution in [1.82, 2.24) is 10.6 Å². The number of nitro groups is 1. The molecule has 206 valence electrons. The first kappa shape index (κ1) is 30.6. The number of aliphatic hydroxyl groups is 1. The molecule has 3 N–H and O–H groups in total. The van der Waals surface area contributed by atoms with Crippen molar-refractivity contribution in [1.29, 1.82) is 0 Å². The van der Waals surface area contributed by atoms with Crippen molar-refractivity contribution < 1.29 is 33.9 Å². The minimum absolute atomic E-state index is 0.00262. The summed E-state index contributed by atoms with van der Waals surface area (Å²) in [6.07, 6.45) is -1.41. The van der Waals surface area contributed by atoms with Crippen LogP contribution in [0.15, 0.2) is 54.6 Å². The zero-order valence-corrected chi connectivity index (χ0v) is 22.0. The Kier molecular flexibility index (Phi) is 11.5. The highest BCUT2D eigenvalue weighted by Crippen LogP contribution is 2.27. The van der Waals surface area contributed by atoms with Gasteiger partial charge in [0.05, 0.1) is 36.2 Å². The number of nitrogens with zero attached hydrogens (tertiary/aromatic N) is 1. The Morgan fingerprint density at radius 1 is 1.00 bits per heavy atom. The molecule has 0 fully saturated rings. The molecule has 0 spiro atoms. The molecule has 0 radical (unpaired) electrons. The van der Waals surface area contributed by atoms with Crippen LogP contribution in [0.25, 0.3) is 0 Å². The molecule has 38 heavy (non-hydrogen) atoms. The summed E-state index contributed by atoms with van der Waals surface area (Å²) >= 11 is 0. The Morgan fingerprint density at radius 2 is 1.63 bits per heavy atom. The lowest BCUT2D eigenvalue weighted by molar-refractivity contribution is -0.386. The third-order valence-electron chi connectivity index (χ3n) is 5.39. The van der Waals surface area contributed by atoms with Crippen molar-refractivity contribution >= 4 is 23.4 Å². The van der Waals surface area contributed by atoms with E-state index in [0.29, 0.717) is 0 Å². The normalized spacial score (nSPS) is 13.7. The molecule has 2 rings (SSSR count). The standard InChI is InChI=1S/C27H35N3O8/c1-5-37-26(34)24(25(33)19-13-9-10-14-21(19)30(35)36)29-16-22(31)20(15-18-11-7-6-8-12-18)28-17-23(32)38-27(2,3)4/h6-14,20,24-25,28-29,33H,5,15-17H2,1-4H3. The molecule has 0 amide bonds. The van der Waals surface area contributed by atoms with E-state index in [2.05, 4.69) is 10.6 Å². The number of rotatable bonds is 14. The monoisotopic (exact) mass is 529 g/mol. The lowest BCUT2D eigenvalue weighted by Crippen LogP contribution is -2.50. The van der Waals surface area contributed by atoms with Crippen LogP contribution in [0.2, 0.25) is 0 Å². The number of carbonyl (C=O) groups is 3. The van der Waals surface area contributed by atoms with E-state index in [-0.39, 0.29) is 37.4 Å². The van der Waals surface area contributed by atoms with Gasteiger partial charge in [-0.05, 0) is 45.7 Å². The molecule has 0 heterocycles. The third-order valence-corrected chi connectivity index (χ3v) is 5.39. The lowest BCUT2D eigenvalue weighted by atomic mass is 9.99. The average Bonchev–Trinajstić information content (AvgIpc) is 2.86. The molecule has 0 aliphatic rings. The van der Waals surface area contributed by atoms with Crippen LogP contribution in [0.1, 0.15) is 44.9 Å². The minimum Gasteiger partial charge on any atom is -0.465 e. The van der Waals surface area contributed by atoms with E-state index in [0.717, 1.165) is 5.56 Å². The van der Waals surface area contributed by atoms with Gasteiger partial charge in [0.15, 0.2) is 5.78 Å². The molecule has 11 nitrogen and oxygen atoms in total. The van der Waals surface area contributed by atoms with Crippen molar-refractivity contribution in [2.24, 2.45) is 0 Å². The fourth-order valence-corrected chi connectivity index (χ4v) is 3.71. The van der Waals surface area contributed by atoms with Gasteiger partial charge >= 0.3 is 11.9 Å². The average molecular weight is 530 g/mol. The molecule has 0 aliphatic heterocycles. The topological polar surface area (TPSA) is 157 Å². The van der Waals surface area contributed by atoms with Gasteiger partial charge < -0.3 is 14.6 Å². The molecule has 0 saturated carbocycles. The highest BCUT2D eigenvalue weighted by Gasteiger charge is 2.34. The predicted octanol–water partition coefficient (Wildman–Crippen LogP) is 2.26. The molecule has 0 bridgehead atoms. The van der Waals surface area contributed by atoms with Gasteiger partial charge in [-0.1, -0.05) is 42.5 Å². The zero-order valence-electron chi connectivity index (χ0n) is 22.0. The molecule has 2 aromatic carbocycles. The number of carbonyl (C=O) groups excluding carboxylic acids is 3. The number of Topliss-reactive ketones (excluding diaryl/α,β-unsaturated/α-hetero) is 1. The second-order valence-electron chi connectivity index (χ2n) is 9.55. The van der Waals surface area contributed by atoms with Crippen LogP contribution < -0.4 is 10.6 Å². The Labute approximate surface area is 221 Å². The summed E-state index contributed by atoms with van der Waals surface area (Å²) in [4.78, 5) is 48.9. The number of ketones is 1. The van der Waals surface area contributed by atoms with Crippen LogP contribution in [0.5, 0.6) is 0 Å². The quantitative estimate of drug-likeness (QED) is 0.188. The smallest absolute Gasteiger partial charge is 0.326 e. The molecular weight excluding hydrogens is 494 g/mol. The third kappa shape index (κ3) is 9.66. The molecule has 3 unspecified atom stereocenters. The number of hydrogen-bond donors (Lipinski definition) is 3. The van der Waals surface area contributed by atoms with Crippen LogP contribution in [-0.4, -0.2) is 65.1 Å². The molecule has 0 saturated heterocycles. The van der Waals surface area contributed by atoms with Crippen LogP contribution >= 0.6 is 0 Å². The van der Waals surface area contributed by atoms with E-state index in [1.807, 2.05) is 30.3 Å². The number of aliphatic hydroxyl groups excluding tert-OH is 1. The summed E-state index contributed by atoms with van der Waals surface area (Å²) < 4.78 is 10.3. The maximum absolute atomic E-state index is 13.2. The Morgan fingerprint density at radius 3 is 2.24 bits per heavy atom. The molecule has 0 aliphatic carbocycles. The van der Waals surface area contributed by atoms with E-state index < -0.39 is 46.4 Å². The van der Waals surface area contributed by atoms with E-state index in [1.54, 1.807) is 27.7 Å². The van der Waals surface area contributed by atoms with Gasteiger partial charge in [-0.25, -0.2) is 0 Å². The first-order valence-electron chi connectivity index (χ1n) is 12.3. The van der Waals surface area contributed by atoms with Crippen LogP contribution in [0.3, 0.4) is 0 Å². The predicted molar refractivity (Wildman–Crippen MR) is 139 cm³/mol. The van der Waals surface area contributed by atoms with Gasteiger partial charge in [0, 0.05) is 6.07 Å². The Bertz CT molecular complexity index is 1100. The summed E-state index contributed by atoms with van der Waals surface area (Å²) in [5, 5.41) is 28.0. The molecule has 3 atom stereocenters. The first-order chi connectivity index (χ1) is 17.9. The second kappa shape index (κ2) is 14.3. The number of para-hydroxylation sites is 1. The van der Waals surface area contributed by atoms with Crippen LogP contribution in [0, 0.1) is 10.1 Å². The Hall–Kier alpha value is -3.67. The van der Waals surface area contributed by atoms with Gasteiger partial charge in [-0.2, -0.15) is 0 Å². The van der Waals surface area contributed by atoms with Crippen molar-refractivity contribution in [2.75, 3.05) is 19.7 Å². The molecule has 11 heteroatoms. The van der Waals surface area contributed by atoms with Gasteiger partial charge in [-0.3, -0.25) is 35.1 Å².